The molecule has 0 spiro atoms. The van der Waals surface area contributed by atoms with E-state index in [2.05, 4.69) is 0 Å². The lowest BCUT2D eigenvalue weighted by molar-refractivity contribution is 0.0476. The van der Waals surface area contributed by atoms with E-state index in [0.717, 1.165) is 37.9 Å². The van der Waals surface area contributed by atoms with Crippen LogP contribution in [0.5, 0.6) is 5.75 Å². The summed E-state index contributed by atoms with van der Waals surface area (Å²) in [5.74, 6) is 0.909. The van der Waals surface area contributed by atoms with Crippen LogP contribution in [0.4, 0.5) is 0 Å². The van der Waals surface area contributed by atoms with Crippen molar-refractivity contribution in [2.45, 2.75) is 38.2 Å². The Morgan fingerprint density at radius 3 is 2.72 bits per heavy atom. The summed E-state index contributed by atoms with van der Waals surface area (Å²) in [7, 11) is 0. The first kappa shape index (κ1) is 13.4. The van der Waals surface area contributed by atoms with Crippen LogP contribution in [0, 0.1) is 5.41 Å². The number of rotatable bonds is 6. The summed E-state index contributed by atoms with van der Waals surface area (Å²) in [5, 5.41) is 10.0. The summed E-state index contributed by atoms with van der Waals surface area (Å²) in [6.45, 7) is 1.28. The molecule has 100 valence electrons. The van der Waals surface area contributed by atoms with Crippen LogP contribution in [-0.4, -0.2) is 24.4 Å². The van der Waals surface area contributed by atoms with Crippen LogP contribution in [0.2, 0.25) is 0 Å². The quantitative estimate of drug-likeness (QED) is 0.761. The van der Waals surface area contributed by atoms with Crippen molar-refractivity contribution in [3.8, 4) is 5.75 Å². The minimum Gasteiger partial charge on any atom is -0.494 e. The molecule has 2 atom stereocenters. The summed E-state index contributed by atoms with van der Waals surface area (Å²) >= 11 is 0. The summed E-state index contributed by atoms with van der Waals surface area (Å²) in [6.07, 6.45) is 4.73. The van der Waals surface area contributed by atoms with Gasteiger partial charge in [0.05, 0.1) is 12.7 Å². The van der Waals surface area contributed by atoms with Gasteiger partial charge in [-0.2, -0.15) is 0 Å². The average molecular weight is 249 g/mol. The van der Waals surface area contributed by atoms with Crippen LogP contribution in [0.15, 0.2) is 30.3 Å². The fraction of sp³-hybridized carbons (Fsp3) is 0.600. The van der Waals surface area contributed by atoms with Crippen molar-refractivity contribution in [2.75, 3.05) is 13.2 Å². The molecule has 0 amide bonds. The standard InChI is InChI=1S/C15H23NO2/c16-12-15(9-4-8-14(15)17)10-5-11-18-13-6-2-1-3-7-13/h1-3,6-7,14,17H,4-5,8-12,16H2. The smallest absolute Gasteiger partial charge is 0.119 e. The third-order valence-corrected chi connectivity index (χ3v) is 4.10. The Morgan fingerprint density at radius 1 is 1.33 bits per heavy atom. The van der Waals surface area contributed by atoms with E-state index >= 15 is 0 Å². The molecule has 2 unspecified atom stereocenters. The molecule has 0 aromatic heterocycles. The number of aliphatic hydroxyl groups is 1. The molecule has 18 heavy (non-hydrogen) atoms. The molecule has 1 saturated carbocycles. The summed E-state index contributed by atoms with van der Waals surface area (Å²) in [4.78, 5) is 0. The molecule has 0 saturated heterocycles. The van der Waals surface area contributed by atoms with Crippen molar-refractivity contribution in [1.82, 2.24) is 0 Å². The van der Waals surface area contributed by atoms with Gasteiger partial charge < -0.3 is 15.6 Å². The Labute approximate surface area is 109 Å². The van der Waals surface area contributed by atoms with E-state index < -0.39 is 0 Å². The van der Waals surface area contributed by atoms with Gasteiger partial charge in [0.25, 0.3) is 0 Å². The minimum atomic E-state index is -0.223. The topological polar surface area (TPSA) is 55.5 Å². The van der Waals surface area contributed by atoms with E-state index in [0.29, 0.717) is 13.2 Å². The third kappa shape index (κ3) is 3.03. The van der Waals surface area contributed by atoms with Gasteiger partial charge in [-0.3, -0.25) is 0 Å². The molecule has 1 aromatic rings. The van der Waals surface area contributed by atoms with Gasteiger partial charge in [-0.05, 0) is 37.8 Å². The molecule has 2 rings (SSSR count). The molecule has 0 radical (unpaired) electrons. The minimum absolute atomic E-state index is 0.0555. The molecule has 1 aliphatic rings. The van der Waals surface area contributed by atoms with Crippen molar-refractivity contribution in [2.24, 2.45) is 11.1 Å². The number of hydrogen-bond acceptors (Lipinski definition) is 3. The highest BCUT2D eigenvalue weighted by Crippen LogP contribution is 2.41. The first-order valence-electron chi connectivity index (χ1n) is 6.83. The van der Waals surface area contributed by atoms with Crippen molar-refractivity contribution in [3.63, 3.8) is 0 Å². The van der Waals surface area contributed by atoms with E-state index in [4.69, 9.17) is 10.5 Å². The molecule has 0 aliphatic heterocycles. The zero-order valence-corrected chi connectivity index (χ0v) is 10.8. The number of nitrogens with two attached hydrogens (primary N) is 1. The maximum atomic E-state index is 10.0. The number of benzene rings is 1. The van der Waals surface area contributed by atoms with Crippen LogP contribution in [0.3, 0.4) is 0 Å². The second-order valence-corrected chi connectivity index (χ2v) is 5.24. The highest BCUT2D eigenvalue weighted by molar-refractivity contribution is 5.20. The van der Waals surface area contributed by atoms with Gasteiger partial charge >= 0.3 is 0 Å². The van der Waals surface area contributed by atoms with Crippen LogP contribution in [0.1, 0.15) is 32.1 Å². The highest BCUT2D eigenvalue weighted by Gasteiger charge is 2.40. The number of aliphatic hydroxyl groups excluding tert-OH is 1. The Morgan fingerprint density at radius 2 is 2.11 bits per heavy atom. The number of ether oxygens (including phenoxy) is 1. The number of hydrogen-bond donors (Lipinski definition) is 2. The van der Waals surface area contributed by atoms with Gasteiger partial charge in [-0.15, -0.1) is 0 Å². The van der Waals surface area contributed by atoms with Gasteiger partial charge in [-0.1, -0.05) is 24.6 Å². The molecule has 0 bridgehead atoms. The largest absolute Gasteiger partial charge is 0.494 e. The van der Waals surface area contributed by atoms with E-state index in [1.54, 1.807) is 0 Å². The predicted octanol–water partition coefficient (Wildman–Crippen LogP) is 2.34. The fourth-order valence-corrected chi connectivity index (χ4v) is 2.88. The van der Waals surface area contributed by atoms with Crippen molar-refractivity contribution >= 4 is 0 Å². The van der Waals surface area contributed by atoms with Crippen LogP contribution in [0.25, 0.3) is 0 Å². The van der Waals surface area contributed by atoms with E-state index in [1.165, 1.54) is 0 Å². The lowest BCUT2D eigenvalue weighted by atomic mass is 9.80. The average Bonchev–Trinajstić information content (AvgIpc) is 2.78. The van der Waals surface area contributed by atoms with Gasteiger partial charge in [0, 0.05) is 12.0 Å². The van der Waals surface area contributed by atoms with Gasteiger partial charge in [0.2, 0.25) is 0 Å². The predicted molar refractivity (Wildman–Crippen MR) is 72.5 cm³/mol. The van der Waals surface area contributed by atoms with Crippen LogP contribution < -0.4 is 10.5 Å². The van der Waals surface area contributed by atoms with Gasteiger partial charge in [-0.25, -0.2) is 0 Å². The lowest BCUT2D eigenvalue weighted by Crippen LogP contribution is -2.37. The monoisotopic (exact) mass is 249 g/mol. The molecule has 3 heteroatoms. The van der Waals surface area contributed by atoms with E-state index in [9.17, 15) is 5.11 Å². The number of para-hydroxylation sites is 1. The van der Waals surface area contributed by atoms with Crippen LogP contribution >= 0.6 is 0 Å². The Kier molecular flexibility index (Phi) is 4.61. The second-order valence-electron chi connectivity index (χ2n) is 5.24. The van der Waals surface area contributed by atoms with Crippen LogP contribution in [-0.2, 0) is 0 Å². The van der Waals surface area contributed by atoms with Crippen molar-refractivity contribution in [3.05, 3.63) is 30.3 Å². The molecule has 1 aliphatic carbocycles. The van der Waals surface area contributed by atoms with E-state index in [1.807, 2.05) is 30.3 Å². The molecule has 3 nitrogen and oxygen atoms in total. The van der Waals surface area contributed by atoms with Gasteiger partial charge in [0.15, 0.2) is 0 Å². The molecule has 0 heterocycles. The van der Waals surface area contributed by atoms with Crippen molar-refractivity contribution in [1.29, 1.82) is 0 Å². The fourth-order valence-electron chi connectivity index (χ4n) is 2.88. The summed E-state index contributed by atoms with van der Waals surface area (Å²) < 4.78 is 5.67. The zero-order chi connectivity index (χ0) is 12.8. The summed E-state index contributed by atoms with van der Waals surface area (Å²) in [5.41, 5.74) is 5.80. The maximum Gasteiger partial charge on any atom is 0.119 e. The Bertz CT molecular complexity index is 355. The first-order valence-corrected chi connectivity index (χ1v) is 6.83. The molecular formula is C15H23NO2. The third-order valence-electron chi connectivity index (χ3n) is 4.10. The van der Waals surface area contributed by atoms with E-state index in [-0.39, 0.29) is 11.5 Å². The van der Waals surface area contributed by atoms with Crippen molar-refractivity contribution < 1.29 is 9.84 Å². The zero-order valence-electron chi connectivity index (χ0n) is 10.8. The lowest BCUT2D eigenvalue weighted by Gasteiger charge is -2.31. The molecule has 1 aromatic carbocycles. The van der Waals surface area contributed by atoms with Gasteiger partial charge in [0.1, 0.15) is 5.75 Å². The SMILES string of the molecule is NCC1(CCCOc2ccccc2)CCCC1O. The molecular weight excluding hydrogens is 226 g/mol. The second kappa shape index (κ2) is 6.21. The maximum absolute atomic E-state index is 10.0. The Balaban J connectivity index is 1.75. The Hall–Kier alpha value is -1.06. The molecule has 1 fully saturated rings. The first-order chi connectivity index (χ1) is 8.77. The summed E-state index contributed by atoms with van der Waals surface area (Å²) in [6, 6.07) is 9.84. The highest BCUT2D eigenvalue weighted by atomic mass is 16.5. The molecule has 3 N–H and O–H groups in total. The normalized spacial score (nSPS) is 27.3.